The maximum Gasteiger partial charge on any atom is 0.241 e. The Bertz CT molecular complexity index is 980. The van der Waals surface area contributed by atoms with E-state index in [2.05, 4.69) is 5.32 Å². The van der Waals surface area contributed by atoms with E-state index in [4.69, 9.17) is 11.6 Å². The van der Waals surface area contributed by atoms with E-state index in [9.17, 15) is 14.0 Å². The van der Waals surface area contributed by atoms with E-state index in [0.717, 1.165) is 36.3 Å². The molecule has 164 valence electrons. The van der Waals surface area contributed by atoms with Crippen LogP contribution in [-0.2, 0) is 16.1 Å². The molecule has 4 nitrogen and oxygen atoms in total. The van der Waals surface area contributed by atoms with Crippen molar-refractivity contribution in [2.45, 2.75) is 61.8 Å². The number of thioether (sulfide) groups is 1. The zero-order valence-corrected chi connectivity index (χ0v) is 19.0. The van der Waals surface area contributed by atoms with Gasteiger partial charge >= 0.3 is 0 Å². The van der Waals surface area contributed by atoms with E-state index in [1.807, 2.05) is 31.2 Å². The standard InChI is InChI=1S/C24H26ClFN2O2S/c1-15(23(29)27-18-7-3-2-4-8-18)22-24(30)28(20-9-5-6-10-21(20)31-22)14-16-11-12-17(26)13-19(16)25/h5-6,9-13,15,18,22H,2-4,7-8,14H2,1H3,(H,27,29)/t15-,22-/m0/s1. The first-order valence-electron chi connectivity index (χ1n) is 10.8. The number of halogens is 2. The molecular weight excluding hydrogens is 435 g/mol. The number of carbonyl (C=O) groups excluding carboxylic acids is 2. The molecule has 2 aromatic carbocycles. The van der Waals surface area contributed by atoms with Crippen LogP contribution in [0, 0.1) is 11.7 Å². The molecule has 2 aliphatic rings. The number of hydrogen-bond donors (Lipinski definition) is 1. The van der Waals surface area contributed by atoms with Gasteiger partial charge in [-0.2, -0.15) is 0 Å². The number of nitrogens with one attached hydrogen (secondary N) is 1. The van der Waals surface area contributed by atoms with E-state index < -0.39 is 17.0 Å². The molecule has 1 heterocycles. The summed E-state index contributed by atoms with van der Waals surface area (Å²) in [5.41, 5.74) is 1.45. The minimum Gasteiger partial charge on any atom is -0.353 e. The summed E-state index contributed by atoms with van der Waals surface area (Å²) in [5.74, 6) is -1.09. The van der Waals surface area contributed by atoms with Crippen LogP contribution in [0.15, 0.2) is 47.4 Å². The lowest BCUT2D eigenvalue weighted by Gasteiger charge is -2.36. The number of para-hydroxylation sites is 1. The zero-order chi connectivity index (χ0) is 22.0. The molecule has 0 saturated heterocycles. The van der Waals surface area contributed by atoms with E-state index in [1.54, 1.807) is 11.0 Å². The summed E-state index contributed by atoms with van der Waals surface area (Å²) in [6.45, 7) is 2.05. The molecule has 2 aromatic rings. The molecule has 1 fully saturated rings. The summed E-state index contributed by atoms with van der Waals surface area (Å²) >= 11 is 7.67. The van der Waals surface area contributed by atoms with Gasteiger partial charge in [-0.1, -0.05) is 56.0 Å². The average molecular weight is 461 g/mol. The molecule has 0 spiro atoms. The predicted molar refractivity (Wildman–Crippen MR) is 123 cm³/mol. The van der Waals surface area contributed by atoms with Crippen LogP contribution in [0.2, 0.25) is 5.02 Å². The Morgan fingerprint density at radius 1 is 1.23 bits per heavy atom. The van der Waals surface area contributed by atoms with Gasteiger partial charge in [-0.15, -0.1) is 11.8 Å². The van der Waals surface area contributed by atoms with Crippen molar-refractivity contribution in [3.05, 3.63) is 58.9 Å². The second-order valence-corrected chi connectivity index (χ2v) is 9.89. The van der Waals surface area contributed by atoms with Crippen molar-refractivity contribution in [1.82, 2.24) is 5.32 Å². The van der Waals surface area contributed by atoms with Crippen LogP contribution in [0.25, 0.3) is 0 Å². The van der Waals surface area contributed by atoms with Crippen LogP contribution in [-0.4, -0.2) is 23.1 Å². The maximum absolute atomic E-state index is 13.5. The molecule has 0 bridgehead atoms. The molecular formula is C24H26ClFN2O2S. The van der Waals surface area contributed by atoms with E-state index in [-0.39, 0.29) is 29.4 Å². The first-order valence-corrected chi connectivity index (χ1v) is 12.0. The van der Waals surface area contributed by atoms with E-state index in [0.29, 0.717) is 5.56 Å². The highest BCUT2D eigenvalue weighted by Crippen LogP contribution is 2.42. The fourth-order valence-electron chi connectivity index (χ4n) is 4.26. The lowest BCUT2D eigenvalue weighted by Crippen LogP contribution is -2.49. The van der Waals surface area contributed by atoms with Gasteiger partial charge in [0.2, 0.25) is 11.8 Å². The molecule has 1 saturated carbocycles. The third-order valence-corrected chi connectivity index (χ3v) is 7.90. The van der Waals surface area contributed by atoms with Gasteiger partial charge in [-0.05, 0) is 42.7 Å². The summed E-state index contributed by atoms with van der Waals surface area (Å²) < 4.78 is 13.5. The number of hydrogen-bond acceptors (Lipinski definition) is 3. The van der Waals surface area contributed by atoms with Crippen LogP contribution in [0.4, 0.5) is 10.1 Å². The Labute approximate surface area is 191 Å². The predicted octanol–water partition coefficient (Wildman–Crippen LogP) is 5.57. The van der Waals surface area contributed by atoms with Crippen molar-refractivity contribution in [3.63, 3.8) is 0 Å². The second-order valence-electron chi connectivity index (χ2n) is 8.30. The molecule has 2 atom stereocenters. The number of benzene rings is 2. The van der Waals surface area contributed by atoms with Crippen molar-refractivity contribution in [2.24, 2.45) is 5.92 Å². The summed E-state index contributed by atoms with van der Waals surface area (Å²) in [7, 11) is 0. The Morgan fingerprint density at radius 3 is 2.71 bits per heavy atom. The second kappa shape index (κ2) is 9.61. The molecule has 0 aromatic heterocycles. The Hall–Kier alpha value is -2.05. The average Bonchev–Trinajstić information content (AvgIpc) is 2.77. The largest absolute Gasteiger partial charge is 0.353 e. The van der Waals surface area contributed by atoms with Gasteiger partial charge < -0.3 is 10.2 Å². The van der Waals surface area contributed by atoms with Crippen LogP contribution >= 0.6 is 23.4 Å². The van der Waals surface area contributed by atoms with Crippen LogP contribution in [0.3, 0.4) is 0 Å². The quantitative estimate of drug-likeness (QED) is 0.634. The fourth-order valence-corrected chi connectivity index (χ4v) is 5.77. The number of amides is 2. The summed E-state index contributed by atoms with van der Waals surface area (Å²) in [4.78, 5) is 29.1. The summed E-state index contributed by atoms with van der Waals surface area (Å²) in [5, 5.41) is 2.91. The third kappa shape index (κ3) is 4.90. The summed E-state index contributed by atoms with van der Waals surface area (Å²) in [6, 6.07) is 12.1. The highest BCUT2D eigenvalue weighted by molar-refractivity contribution is 8.01. The number of anilines is 1. The Balaban J connectivity index is 1.57. The number of carbonyl (C=O) groups is 2. The molecule has 1 aliphatic carbocycles. The SMILES string of the molecule is C[C@H](C(=O)NC1CCCCC1)[C@@H]1Sc2ccccc2N(Cc2ccc(F)cc2Cl)C1=O. The molecule has 2 amide bonds. The first kappa shape index (κ1) is 22.2. The highest BCUT2D eigenvalue weighted by atomic mass is 35.5. The van der Waals surface area contributed by atoms with Gasteiger partial charge in [0.1, 0.15) is 11.1 Å². The smallest absolute Gasteiger partial charge is 0.241 e. The van der Waals surface area contributed by atoms with Gasteiger partial charge in [-0.3, -0.25) is 9.59 Å². The zero-order valence-electron chi connectivity index (χ0n) is 17.4. The van der Waals surface area contributed by atoms with Gasteiger partial charge in [-0.25, -0.2) is 4.39 Å². The highest BCUT2D eigenvalue weighted by Gasteiger charge is 2.40. The van der Waals surface area contributed by atoms with Crippen LogP contribution < -0.4 is 10.2 Å². The van der Waals surface area contributed by atoms with Crippen molar-refractivity contribution in [3.8, 4) is 0 Å². The monoisotopic (exact) mass is 460 g/mol. The van der Waals surface area contributed by atoms with Crippen molar-refractivity contribution in [1.29, 1.82) is 0 Å². The molecule has 4 rings (SSSR count). The molecule has 1 aliphatic heterocycles. The third-order valence-electron chi connectivity index (χ3n) is 6.08. The Morgan fingerprint density at radius 2 is 1.97 bits per heavy atom. The molecule has 7 heteroatoms. The van der Waals surface area contributed by atoms with Gasteiger partial charge in [0.05, 0.1) is 18.2 Å². The lowest BCUT2D eigenvalue weighted by molar-refractivity contribution is -0.129. The van der Waals surface area contributed by atoms with E-state index >= 15 is 0 Å². The van der Waals surface area contributed by atoms with Gasteiger partial charge in [0.15, 0.2) is 0 Å². The normalized spacial score (nSPS) is 20.3. The fraction of sp³-hybridized carbons (Fsp3) is 0.417. The minimum atomic E-state index is -0.530. The minimum absolute atomic E-state index is 0.0723. The van der Waals surface area contributed by atoms with Gasteiger partial charge in [0.25, 0.3) is 0 Å². The van der Waals surface area contributed by atoms with Crippen molar-refractivity contribution >= 4 is 40.9 Å². The summed E-state index contributed by atoms with van der Waals surface area (Å²) in [6.07, 6.45) is 5.49. The van der Waals surface area contributed by atoms with E-state index in [1.165, 1.54) is 30.3 Å². The Kier molecular flexibility index (Phi) is 6.87. The number of rotatable bonds is 5. The molecule has 0 radical (unpaired) electrons. The number of nitrogens with zero attached hydrogens (tertiary/aromatic N) is 1. The van der Waals surface area contributed by atoms with Crippen molar-refractivity contribution < 1.29 is 14.0 Å². The first-order chi connectivity index (χ1) is 14.9. The molecule has 1 N–H and O–H groups in total. The maximum atomic E-state index is 13.5. The van der Waals surface area contributed by atoms with Crippen LogP contribution in [0.5, 0.6) is 0 Å². The lowest BCUT2D eigenvalue weighted by atomic mass is 9.94. The van der Waals surface area contributed by atoms with Crippen LogP contribution in [0.1, 0.15) is 44.6 Å². The molecule has 31 heavy (non-hydrogen) atoms. The topological polar surface area (TPSA) is 49.4 Å². The van der Waals surface area contributed by atoms with Gasteiger partial charge in [0, 0.05) is 16.0 Å². The van der Waals surface area contributed by atoms with Crippen molar-refractivity contribution in [2.75, 3.05) is 4.90 Å². The number of fused-ring (bicyclic) bond motifs is 1. The molecule has 0 unspecified atom stereocenters.